The molecular weight excluding hydrogens is 238 g/mol. The average molecular weight is 256 g/mol. The molecule has 1 aliphatic rings. The third kappa shape index (κ3) is 2.90. The van der Waals surface area contributed by atoms with Crippen LogP contribution in [0.3, 0.4) is 0 Å². The summed E-state index contributed by atoms with van der Waals surface area (Å²) in [4.78, 5) is 0. The summed E-state index contributed by atoms with van der Waals surface area (Å²) in [5.74, 6) is 0.307. The Morgan fingerprint density at radius 2 is 2.22 bits per heavy atom. The Hall–Kier alpha value is -1.36. The Morgan fingerprint density at radius 1 is 1.44 bits per heavy atom. The van der Waals surface area contributed by atoms with Gasteiger partial charge in [0.1, 0.15) is 0 Å². The lowest BCUT2D eigenvalue weighted by Gasteiger charge is -2.31. The van der Waals surface area contributed by atoms with Gasteiger partial charge in [-0.15, -0.1) is 0 Å². The molecule has 0 aromatic heterocycles. The van der Waals surface area contributed by atoms with E-state index in [1.54, 1.807) is 12.1 Å². The van der Waals surface area contributed by atoms with E-state index in [0.717, 1.165) is 6.42 Å². The lowest BCUT2D eigenvalue weighted by atomic mass is 9.97. The van der Waals surface area contributed by atoms with E-state index in [2.05, 4.69) is 12.2 Å². The molecule has 100 valence electrons. The summed E-state index contributed by atoms with van der Waals surface area (Å²) in [5.41, 5.74) is 6.34. The second-order valence-electron chi connectivity index (χ2n) is 4.74. The highest BCUT2D eigenvalue weighted by molar-refractivity contribution is 5.59. The SMILES string of the molecule is CC1COCCC1Nc1ccc(N)cc1C(F)F. The minimum Gasteiger partial charge on any atom is -0.399 e. The molecule has 1 aromatic carbocycles. The van der Waals surface area contributed by atoms with Crippen molar-refractivity contribution < 1.29 is 13.5 Å². The van der Waals surface area contributed by atoms with Gasteiger partial charge in [-0.25, -0.2) is 8.78 Å². The lowest BCUT2D eigenvalue weighted by molar-refractivity contribution is 0.0536. The molecule has 18 heavy (non-hydrogen) atoms. The number of hydrogen-bond acceptors (Lipinski definition) is 3. The maximum Gasteiger partial charge on any atom is 0.265 e. The van der Waals surface area contributed by atoms with Crippen molar-refractivity contribution in [3.63, 3.8) is 0 Å². The van der Waals surface area contributed by atoms with Gasteiger partial charge in [0.15, 0.2) is 0 Å². The van der Waals surface area contributed by atoms with E-state index in [4.69, 9.17) is 10.5 Å². The molecule has 1 saturated heterocycles. The summed E-state index contributed by atoms with van der Waals surface area (Å²) < 4.78 is 31.2. The van der Waals surface area contributed by atoms with Gasteiger partial charge in [-0.1, -0.05) is 6.92 Å². The highest BCUT2D eigenvalue weighted by atomic mass is 19.3. The quantitative estimate of drug-likeness (QED) is 0.817. The largest absolute Gasteiger partial charge is 0.399 e. The predicted molar refractivity (Wildman–Crippen MR) is 67.8 cm³/mol. The van der Waals surface area contributed by atoms with Crippen molar-refractivity contribution >= 4 is 11.4 Å². The van der Waals surface area contributed by atoms with Crippen molar-refractivity contribution in [1.82, 2.24) is 0 Å². The van der Waals surface area contributed by atoms with Crippen LogP contribution in [0.4, 0.5) is 20.2 Å². The topological polar surface area (TPSA) is 47.3 Å². The van der Waals surface area contributed by atoms with E-state index in [0.29, 0.717) is 30.5 Å². The van der Waals surface area contributed by atoms with Crippen molar-refractivity contribution in [2.24, 2.45) is 5.92 Å². The molecule has 0 bridgehead atoms. The number of nitrogens with one attached hydrogen (secondary N) is 1. The number of alkyl halides is 2. The summed E-state index contributed by atoms with van der Waals surface area (Å²) in [6.45, 7) is 3.38. The van der Waals surface area contributed by atoms with Crippen LogP contribution in [0, 0.1) is 5.92 Å². The summed E-state index contributed by atoms with van der Waals surface area (Å²) in [6.07, 6.45) is -1.69. The lowest BCUT2D eigenvalue weighted by Crippen LogP contribution is -2.36. The van der Waals surface area contributed by atoms with Gasteiger partial charge in [0.2, 0.25) is 0 Å². The van der Waals surface area contributed by atoms with Gasteiger partial charge in [0, 0.05) is 29.6 Å². The first kappa shape index (κ1) is 13.1. The van der Waals surface area contributed by atoms with Crippen molar-refractivity contribution in [3.8, 4) is 0 Å². The number of rotatable bonds is 3. The number of nitrogen functional groups attached to an aromatic ring is 1. The molecule has 1 aromatic rings. The number of halogens is 2. The molecule has 2 unspecified atom stereocenters. The van der Waals surface area contributed by atoms with Gasteiger partial charge in [0.25, 0.3) is 6.43 Å². The maximum absolute atomic E-state index is 12.9. The predicted octanol–water partition coefficient (Wildman–Crippen LogP) is 3.04. The molecule has 0 amide bonds. The fraction of sp³-hybridized carbons (Fsp3) is 0.538. The summed E-state index contributed by atoms with van der Waals surface area (Å²) in [5, 5.41) is 3.19. The van der Waals surface area contributed by atoms with Crippen LogP contribution < -0.4 is 11.1 Å². The average Bonchev–Trinajstić information content (AvgIpc) is 2.34. The molecule has 2 atom stereocenters. The molecule has 0 radical (unpaired) electrons. The van der Waals surface area contributed by atoms with Crippen molar-refractivity contribution in [3.05, 3.63) is 23.8 Å². The first-order valence-corrected chi connectivity index (χ1v) is 6.10. The van der Waals surface area contributed by atoms with Crippen LogP contribution in [0.5, 0.6) is 0 Å². The monoisotopic (exact) mass is 256 g/mol. The Bertz CT molecular complexity index is 412. The van der Waals surface area contributed by atoms with Crippen molar-refractivity contribution in [2.45, 2.75) is 25.8 Å². The van der Waals surface area contributed by atoms with Gasteiger partial charge < -0.3 is 15.8 Å². The van der Waals surface area contributed by atoms with E-state index in [-0.39, 0.29) is 11.6 Å². The number of ether oxygens (including phenoxy) is 1. The molecule has 0 aliphatic carbocycles. The van der Waals surface area contributed by atoms with Gasteiger partial charge in [-0.3, -0.25) is 0 Å². The van der Waals surface area contributed by atoms with Crippen LogP contribution in [0.15, 0.2) is 18.2 Å². The molecule has 1 heterocycles. The molecule has 3 nitrogen and oxygen atoms in total. The van der Waals surface area contributed by atoms with Gasteiger partial charge in [-0.2, -0.15) is 0 Å². The number of nitrogens with two attached hydrogens (primary N) is 1. The molecular formula is C13H18F2N2O. The smallest absolute Gasteiger partial charge is 0.265 e. The Morgan fingerprint density at radius 3 is 2.89 bits per heavy atom. The van der Waals surface area contributed by atoms with Crippen LogP contribution in [-0.4, -0.2) is 19.3 Å². The zero-order valence-electron chi connectivity index (χ0n) is 10.3. The molecule has 0 saturated carbocycles. The summed E-state index contributed by atoms with van der Waals surface area (Å²) >= 11 is 0. The zero-order valence-corrected chi connectivity index (χ0v) is 10.3. The van der Waals surface area contributed by atoms with Gasteiger partial charge >= 0.3 is 0 Å². The van der Waals surface area contributed by atoms with Crippen LogP contribution in [0.2, 0.25) is 0 Å². The Labute approximate surface area is 105 Å². The molecule has 3 N–H and O–H groups in total. The third-order valence-electron chi connectivity index (χ3n) is 3.29. The zero-order chi connectivity index (χ0) is 13.1. The number of anilines is 2. The van der Waals surface area contributed by atoms with Crippen molar-refractivity contribution in [1.29, 1.82) is 0 Å². The molecule has 5 heteroatoms. The normalized spacial score (nSPS) is 24.2. The van der Waals surface area contributed by atoms with Gasteiger partial charge in [-0.05, 0) is 30.5 Å². The fourth-order valence-electron chi connectivity index (χ4n) is 2.19. The van der Waals surface area contributed by atoms with Crippen molar-refractivity contribution in [2.75, 3.05) is 24.3 Å². The highest BCUT2D eigenvalue weighted by Crippen LogP contribution is 2.31. The minimum atomic E-state index is -2.52. The van der Waals surface area contributed by atoms with Gasteiger partial charge in [0.05, 0.1) is 6.61 Å². The van der Waals surface area contributed by atoms with E-state index < -0.39 is 6.43 Å². The van der Waals surface area contributed by atoms with E-state index in [9.17, 15) is 8.78 Å². The van der Waals surface area contributed by atoms with Crippen LogP contribution in [-0.2, 0) is 4.74 Å². The number of benzene rings is 1. The molecule has 2 rings (SSSR count). The van der Waals surface area contributed by atoms with Crippen LogP contribution in [0.25, 0.3) is 0 Å². The molecule has 1 fully saturated rings. The standard InChI is InChI=1S/C13H18F2N2O/c1-8-7-18-5-4-11(8)17-12-3-2-9(16)6-10(12)13(14)15/h2-3,6,8,11,13,17H,4-5,7,16H2,1H3. The first-order chi connectivity index (χ1) is 8.58. The minimum absolute atomic E-state index is 0.0336. The van der Waals surface area contributed by atoms with Crippen LogP contribution >= 0.6 is 0 Å². The third-order valence-corrected chi connectivity index (χ3v) is 3.29. The van der Waals surface area contributed by atoms with E-state index >= 15 is 0 Å². The Kier molecular flexibility index (Phi) is 4.01. The highest BCUT2D eigenvalue weighted by Gasteiger charge is 2.23. The Balaban J connectivity index is 2.17. The fourth-order valence-corrected chi connectivity index (χ4v) is 2.19. The summed E-state index contributed by atoms with van der Waals surface area (Å²) in [7, 11) is 0. The van der Waals surface area contributed by atoms with E-state index in [1.165, 1.54) is 6.07 Å². The summed E-state index contributed by atoms with van der Waals surface area (Å²) in [6, 6.07) is 4.76. The first-order valence-electron chi connectivity index (χ1n) is 6.10. The number of hydrogen-bond donors (Lipinski definition) is 2. The van der Waals surface area contributed by atoms with Crippen LogP contribution in [0.1, 0.15) is 25.3 Å². The maximum atomic E-state index is 12.9. The second kappa shape index (κ2) is 5.52. The molecule has 1 aliphatic heterocycles. The van der Waals surface area contributed by atoms with E-state index in [1.807, 2.05) is 0 Å². The second-order valence-corrected chi connectivity index (χ2v) is 4.74. The molecule has 0 spiro atoms.